The van der Waals surface area contributed by atoms with Gasteiger partial charge in [0.15, 0.2) is 0 Å². The van der Waals surface area contributed by atoms with Crippen LogP contribution in [0.15, 0.2) is 59.0 Å². The topological polar surface area (TPSA) is 86.5 Å². The number of carbonyl (C=O) groups is 1. The fourth-order valence-corrected chi connectivity index (χ4v) is 5.11. The van der Waals surface area contributed by atoms with Crippen LogP contribution in [-0.4, -0.2) is 57.5 Å². The summed E-state index contributed by atoms with van der Waals surface area (Å²) in [4.78, 5) is 27.8. The van der Waals surface area contributed by atoms with Crippen LogP contribution in [0.1, 0.15) is 25.4 Å². The molecule has 1 saturated heterocycles. The van der Waals surface area contributed by atoms with Crippen LogP contribution in [0.3, 0.4) is 0 Å². The molecule has 2 aromatic carbocycles. The number of amides is 1. The van der Waals surface area contributed by atoms with Gasteiger partial charge in [0.25, 0.3) is 0 Å². The van der Waals surface area contributed by atoms with Crippen molar-refractivity contribution in [2.45, 2.75) is 39.1 Å². The Hall–Kier alpha value is -3.49. The van der Waals surface area contributed by atoms with E-state index < -0.39 is 6.04 Å². The minimum Gasteiger partial charge on any atom is -0.460 e. The third-order valence-corrected chi connectivity index (χ3v) is 6.98. The molecule has 0 spiro atoms. The first-order valence-corrected chi connectivity index (χ1v) is 12.3. The normalized spacial score (nSPS) is 21.6. The van der Waals surface area contributed by atoms with Crippen LogP contribution in [0.5, 0.6) is 0 Å². The fraction of sp³-hybridized carbons (Fsp3) is 0.370. The SMILES string of the molecule is CC(C)C1Nc2nc(nc3ccccc23)CN2CCN(Cc3cc4ccccc4o3)CC2NC1=O. The van der Waals surface area contributed by atoms with Gasteiger partial charge in [0.05, 0.1) is 24.8 Å². The van der Waals surface area contributed by atoms with Crippen molar-refractivity contribution in [3.05, 3.63) is 66.2 Å². The van der Waals surface area contributed by atoms with E-state index in [1.807, 2.05) is 42.5 Å². The molecule has 180 valence electrons. The van der Waals surface area contributed by atoms with E-state index in [-0.39, 0.29) is 18.0 Å². The Morgan fingerprint density at radius 3 is 2.74 bits per heavy atom. The standard InChI is InChI=1S/C27H30N6O2/c1-17(2)25-27(34)30-24-16-32(14-19-13-18-7-3-6-10-22(18)35-19)11-12-33(24)15-23-28-21-9-5-4-8-20(21)26(29-23)31-25/h3-10,13,17,24-25H,11-12,14-16H2,1-2H3,(H,30,34)(H,28,29,31). The number of carbonyl (C=O) groups excluding carboxylic acids is 1. The van der Waals surface area contributed by atoms with Gasteiger partial charge in [0, 0.05) is 30.4 Å². The molecule has 0 saturated carbocycles. The second-order valence-electron chi connectivity index (χ2n) is 9.85. The molecule has 2 aliphatic heterocycles. The lowest BCUT2D eigenvalue weighted by atomic mass is 10.0. The van der Waals surface area contributed by atoms with E-state index in [9.17, 15) is 4.79 Å². The number of fused-ring (bicyclic) bond motifs is 6. The van der Waals surface area contributed by atoms with Crippen LogP contribution >= 0.6 is 0 Å². The Kier molecular flexibility index (Phi) is 5.62. The molecule has 2 bridgehead atoms. The molecular weight excluding hydrogens is 440 g/mol. The monoisotopic (exact) mass is 470 g/mol. The molecule has 1 fully saturated rings. The largest absolute Gasteiger partial charge is 0.460 e. The number of rotatable bonds is 3. The van der Waals surface area contributed by atoms with E-state index in [2.05, 4.69) is 46.4 Å². The predicted octanol–water partition coefficient (Wildman–Crippen LogP) is 3.59. The van der Waals surface area contributed by atoms with Crippen molar-refractivity contribution in [2.75, 3.05) is 25.0 Å². The minimum atomic E-state index is -0.396. The van der Waals surface area contributed by atoms with Gasteiger partial charge in [-0.2, -0.15) is 0 Å². The summed E-state index contributed by atoms with van der Waals surface area (Å²) in [5.74, 6) is 2.51. The van der Waals surface area contributed by atoms with Crippen molar-refractivity contribution >= 4 is 33.6 Å². The Morgan fingerprint density at radius 1 is 1.06 bits per heavy atom. The highest BCUT2D eigenvalue weighted by atomic mass is 16.3. The summed E-state index contributed by atoms with van der Waals surface area (Å²) in [6.07, 6.45) is -0.139. The summed E-state index contributed by atoms with van der Waals surface area (Å²) in [6, 6.07) is 17.8. The van der Waals surface area contributed by atoms with Crippen LogP contribution < -0.4 is 10.6 Å². The lowest BCUT2D eigenvalue weighted by Gasteiger charge is -2.42. The molecule has 2 aliphatic rings. The van der Waals surface area contributed by atoms with Crippen molar-refractivity contribution in [3.8, 4) is 0 Å². The molecule has 8 nitrogen and oxygen atoms in total. The van der Waals surface area contributed by atoms with Gasteiger partial charge in [-0.1, -0.05) is 44.2 Å². The summed E-state index contributed by atoms with van der Waals surface area (Å²) in [6.45, 7) is 7.77. The number of nitrogens with one attached hydrogen (secondary N) is 2. The summed E-state index contributed by atoms with van der Waals surface area (Å²) in [5.41, 5.74) is 1.80. The number of benzene rings is 2. The molecule has 6 rings (SSSR count). The number of hydrogen-bond acceptors (Lipinski definition) is 7. The summed E-state index contributed by atoms with van der Waals surface area (Å²) < 4.78 is 6.06. The van der Waals surface area contributed by atoms with Crippen LogP contribution in [0.2, 0.25) is 0 Å². The minimum absolute atomic E-state index is 0.00766. The van der Waals surface area contributed by atoms with Crippen LogP contribution in [0.4, 0.5) is 5.82 Å². The fourth-order valence-electron chi connectivity index (χ4n) is 5.11. The smallest absolute Gasteiger partial charge is 0.244 e. The van der Waals surface area contributed by atoms with Crippen molar-refractivity contribution in [2.24, 2.45) is 5.92 Å². The molecule has 2 atom stereocenters. The highest BCUT2D eigenvalue weighted by Crippen LogP contribution is 2.25. The molecule has 2 aromatic heterocycles. The Morgan fingerprint density at radius 2 is 1.89 bits per heavy atom. The number of para-hydroxylation sites is 2. The van der Waals surface area contributed by atoms with E-state index in [1.165, 1.54) is 0 Å². The van der Waals surface area contributed by atoms with Gasteiger partial charge in [-0.15, -0.1) is 0 Å². The number of piperazine rings is 1. The molecule has 4 heterocycles. The number of nitrogens with zero attached hydrogens (tertiary/aromatic N) is 4. The third kappa shape index (κ3) is 4.35. The zero-order valence-electron chi connectivity index (χ0n) is 20.1. The van der Waals surface area contributed by atoms with Gasteiger partial charge in [-0.3, -0.25) is 14.6 Å². The van der Waals surface area contributed by atoms with Crippen molar-refractivity contribution in [1.29, 1.82) is 0 Å². The number of aromatic nitrogens is 2. The van der Waals surface area contributed by atoms with Crippen molar-refractivity contribution < 1.29 is 9.21 Å². The predicted molar refractivity (Wildman–Crippen MR) is 136 cm³/mol. The molecule has 35 heavy (non-hydrogen) atoms. The van der Waals surface area contributed by atoms with Crippen LogP contribution in [0, 0.1) is 5.92 Å². The Balaban J connectivity index is 1.29. The zero-order valence-corrected chi connectivity index (χ0v) is 20.1. The molecular formula is C27H30N6O2. The van der Waals surface area contributed by atoms with Crippen molar-refractivity contribution in [3.63, 3.8) is 0 Å². The van der Waals surface area contributed by atoms with Gasteiger partial charge in [0.1, 0.15) is 29.0 Å². The first-order valence-electron chi connectivity index (χ1n) is 12.3. The Bertz CT molecular complexity index is 1350. The third-order valence-electron chi connectivity index (χ3n) is 6.98. The van der Waals surface area contributed by atoms with Gasteiger partial charge < -0.3 is 15.1 Å². The average molecular weight is 471 g/mol. The molecule has 1 amide bonds. The second-order valence-corrected chi connectivity index (χ2v) is 9.85. The van der Waals surface area contributed by atoms with Crippen LogP contribution in [-0.2, 0) is 17.9 Å². The van der Waals surface area contributed by atoms with E-state index >= 15 is 0 Å². The van der Waals surface area contributed by atoms with E-state index in [4.69, 9.17) is 14.4 Å². The van der Waals surface area contributed by atoms with Gasteiger partial charge in [-0.05, 0) is 30.2 Å². The quantitative estimate of drug-likeness (QED) is 0.473. The maximum atomic E-state index is 13.5. The zero-order chi connectivity index (χ0) is 23.9. The molecule has 4 aromatic rings. The number of anilines is 1. The highest BCUT2D eigenvalue weighted by Gasteiger charge is 2.33. The number of hydrogen-bond donors (Lipinski definition) is 2. The molecule has 8 heteroatoms. The first kappa shape index (κ1) is 22.0. The van der Waals surface area contributed by atoms with E-state index in [0.717, 1.165) is 52.4 Å². The summed E-state index contributed by atoms with van der Waals surface area (Å²) in [5, 5.41) is 8.80. The van der Waals surface area contributed by atoms with Crippen molar-refractivity contribution in [1.82, 2.24) is 25.1 Å². The van der Waals surface area contributed by atoms with E-state index in [0.29, 0.717) is 19.6 Å². The second kappa shape index (κ2) is 8.94. The van der Waals surface area contributed by atoms with Gasteiger partial charge in [0.2, 0.25) is 5.91 Å². The lowest BCUT2D eigenvalue weighted by Crippen LogP contribution is -2.62. The highest BCUT2D eigenvalue weighted by molar-refractivity contribution is 5.92. The van der Waals surface area contributed by atoms with Crippen LogP contribution in [0.25, 0.3) is 21.9 Å². The first-order chi connectivity index (χ1) is 17.0. The molecule has 0 aliphatic carbocycles. The Labute approximate surface area is 204 Å². The van der Waals surface area contributed by atoms with Gasteiger partial charge >= 0.3 is 0 Å². The maximum absolute atomic E-state index is 13.5. The molecule has 0 radical (unpaired) electrons. The maximum Gasteiger partial charge on any atom is 0.244 e. The number of furan rings is 1. The summed E-state index contributed by atoms with van der Waals surface area (Å²) in [7, 11) is 0. The van der Waals surface area contributed by atoms with Gasteiger partial charge in [-0.25, -0.2) is 9.97 Å². The van der Waals surface area contributed by atoms with E-state index in [1.54, 1.807) is 0 Å². The molecule has 2 N–H and O–H groups in total. The lowest BCUT2D eigenvalue weighted by molar-refractivity contribution is -0.125. The molecule has 2 unspecified atom stereocenters. The summed E-state index contributed by atoms with van der Waals surface area (Å²) >= 11 is 0. The average Bonchev–Trinajstić information content (AvgIpc) is 3.25.